The topological polar surface area (TPSA) is 77.0 Å². The number of aromatic nitrogens is 1. The molecule has 2 N–H and O–H groups in total. The number of aryl methyl sites for hydroxylation is 1. The molecule has 0 spiro atoms. The van der Waals surface area contributed by atoms with Crippen molar-refractivity contribution in [2.45, 2.75) is 39.8 Å². The van der Waals surface area contributed by atoms with Crippen molar-refractivity contribution >= 4 is 29.9 Å². The van der Waals surface area contributed by atoms with Crippen molar-refractivity contribution in [3.8, 4) is 11.6 Å². The largest absolute Gasteiger partial charge is 0.491 e. The molecule has 3 rings (SSSR count). The van der Waals surface area contributed by atoms with Gasteiger partial charge in [0.1, 0.15) is 12.4 Å². The number of rotatable bonds is 12. The summed E-state index contributed by atoms with van der Waals surface area (Å²) in [5.41, 5.74) is 3.30. The Bertz CT molecular complexity index is 859. The number of halogens is 1. The van der Waals surface area contributed by atoms with E-state index in [4.69, 9.17) is 19.2 Å². The fourth-order valence-corrected chi connectivity index (χ4v) is 2.98. The molecule has 1 saturated carbocycles. The van der Waals surface area contributed by atoms with E-state index in [1.807, 2.05) is 12.1 Å². The minimum absolute atomic E-state index is 0. The van der Waals surface area contributed by atoms with Gasteiger partial charge in [0.05, 0.1) is 19.8 Å². The molecule has 2 aromatic rings. The van der Waals surface area contributed by atoms with Crippen LogP contribution in [0, 0.1) is 12.8 Å². The average Bonchev–Trinajstić information content (AvgIpc) is 3.60. The molecule has 0 bridgehead atoms. The third kappa shape index (κ3) is 9.20. The Labute approximate surface area is 208 Å². The van der Waals surface area contributed by atoms with Crippen molar-refractivity contribution in [3.63, 3.8) is 0 Å². The highest BCUT2D eigenvalue weighted by Gasteiger charge is 2.22. The summed E-state index contributed by atoms with van der Waals surface area (Å²) < 4.78 is 16.8. The van der Waals surface area contributed by atoms with Gasteiger partial charge in [-0.3, -0.25) is 0 Å². The first kappa shape index (κ1) is 26.2. The first-order chi connectivity index (χ1) is 15.2. The first-order valence-corrected chi connectivity index (χ1v) is 11.0. The number of hydrogen-bond donors (Lipinski definition) is 2. The van der Waals surface area contributed by atoms with Gasteiger partial charge in [0.2, 0.25) is 5.88 Å². The van der Waals surface area contributed by atoms with Crippen molar-refractivity contribution in [2.75, 3.05) is 33.5 Å². The average molecular weight is 554 g/mol. The lowest BCUT2D eigenvalue weighted by Crippen LogP contribution is -2.36. The summed E-state index contributed by atoms with van der Waals surface area (Å²) >= 11 is 0. The molecule has 8 heteroatoms. The highest BCUT2D eigenvalue weighted by atomic mass is 127. The normalized spacial score (nSPS) is 13.3. The van der Waals surface area contributed by atoms with Crippen LogP contribution in [-0.4, -0.2) is 44.4 Å². The number of guanidine groups is 1. The number of benzene rings is 1. The maximum Gasteiger partial charge on any atom is 0.213 e. The Hall–Kier alpha value is -2.07. The first-order valence-electron chi connectivity index (χ1n) is 11.0. The van der Waals surface area contributed by atoms with Gasteiger partial charge in [-0.1, -0.05) is 12.1 Å². The van der Waals surface area contributed by atoms with Crippen LogP contribution >= 0.6 is 24.0 Å². The summed E-state index contributed by atoms with van der Waals surface area (Å²) in [5.74, 6) is 3.00. The van der Waals surface area contributed by atoms with E-state index in [0.717, 1.165) is 41.6 Å². The monoisotopic (exact) mass is 554 g/mol. The molecular weight excluding hydrogens is 519 g/mol. The number of nitrogens with zero attached hydrogens (tertiary/aromatic N) is 2. The molecule has 0 atom stereocenters. The smallest absolute Gasteiger partial charge is 0.213 e. The van der Waals surface area contributed by atoms with Crippen LogP contribution in [0.4, 0.5) is 0 Å². The van der Waals surface area contributed by atoms with E-state index in [-0.39, 0.29) is 24.0 Å². The fourth-order valence-electron chi connectivity index (χ4n) is 2.98. The molecule has 1 heterocycles. The summed E-state index contributed by atoms with van der Waals surface area (Å²) in [4.78, 5) is 9.02. The molecule has 1 aliphatic rings. The van der Waals surface area contributed by atoms with Gasteiger partial charge in [0, 0.05) is 38.0 Å². The van der Waals surface area contributed by atoms with Gasteiger partial charge < -0.3 is 24.8 Å². The van der Waals surface area contributed by atoms with E-state index < -0.39 is 0 Å². The zero-order valence-electron chi connectivity index (χ0n) is 19.2. The van der Waals surface area contributed by atoms with Gasteiger partial charge in [-0.05, 0) is 55.9 Å². The van der Waals surface area contributed by atoms with Gasteiger partial charge >= 0.3 is 0 Å². The third-order valence-electron chi connectivity index (χ3n) is 4.94. The number of aliphatic imine (C=N–C) groups is 1. The zero-order chi connectivity index (χ0) is 21.9. The molecule has 0 radical (unpaired) electrons. The lowest BCUT2D eigenvalue weighted by molar-refractivity contribution is 0.145. The zero-order valence-corrected chi connectivity index (χ0v) is 21.6. The summed E-state index contributed by atoms with van der Waals surface area (Å²) in [5, 5.41) is 6.70. The van der Waals surface area contributed by atoms with Gasteiger partial charge in [-0.2, -0.15) is 0 Å². The van der Waals surface area contributed by atoms with Crippen molar-refractivity contribution in [3.05, 3.63) is 53.2 Å². The fraction of sp³-hybridized carbons (Fsp3) is 0.500. The molecule has 0 amide bonds. The van der Waals surface area contributed by atoms with Crippen LogP contribution in [0.2, 0.25) is 0 Å². The lowest BCUT2D eigenvalue weighted by Gasteiger charge is -2.15. The second-order valence-corrected chi connectivity index (χ2v) is 7.76. The van der Waals surface area contributed by atoms with Gasteiger partial charge in [-0.25, -0.2) is 9.98 Å². The predicted octanol–water partition coefficient (Wildman–Crippen LogP) is 4.08. The molecule has 1 aliphatic carbocycles. The molecule has 0 saturated heterocycles. The van der Waals surface area contributed by atoms with E-state index in [9.17, 15) is 0 Å². The Morgan fingerprint density at radius 2 is 1.97 bits per heavy atom. The summed E-state index contributed by atoms with van der Waals surface area (Å²) in [7, 11) is 1.67. The molecule has 1 aromatic heterocycles. The molecule has 1 aromatic carbocycles. The lowest BCUT2D eigenvalue weighted by atomic mass is 10.1. The Morgan fingerprint density at radius 1 is 1.12 bits per heavy atom. The summed E-state index contributed by atoms with van der Waals surface area (Å²) in [6.45, 7) is 7.89. The standard InChI is InChI=1S/C24H34N4O3.HI/c1-4-25-24(27-15-20-9-10-26-23(14-20)31-17-19-6-7-19)28-16-21-8-5-18(2)13-22(21)30-12-11-29-3;/h5,8-10,13-14,19H,4,6-7,11-12,15-17H2,1-3H3,(H2,25,27,28);1H. The maximum absolute atomic E-state index is 5.89. The van der Waals surface area contributed by atoms with Crippen LogP contribution in [0.5, 0.6) is 11.6 Å². The second kappa shape index (κ2) is 14.2. The Balaban J connectivity index is 0.00000363. The van der Waals surface area contributed by atoms with E-state index >= 15 is 0 Å². The predicted molar refractivity (Wildman–Crippen MR) is 138 cm³/mol. The molecule has 1 fully saturated rings. The van der Waals surface area contributed by atoms with E-state index in [1.165, 1.54) is 12.8 Å². The van der Waals surface area contributed by atoms with Crippen LogP contribution in [-0.2, 0) is 17.8 Å². The number of ether oxygens (including phenoxy) is 3. The molecule has 7 nitrogen and oxygen atoms in total. The van der Waals surface area contributed by atoms with Crippen molar-refractivity contribution < 1.29 is 14.2 Å². The van der Waals surface area contributed by atoms with Gasteiger partial charge in [-0.15, -0.1) is 24.0 Å². The SMILES string of the molecule is CCNC(=NCc1ccnc(OCC2CC2)c1)NCc1ccc(C)cc1OCCOC.I. The van der Waals surface area contributed by atoms with E-state index in [1.54, 1.807) is 13.3 Å². The van der Waals surface area contributed by atoms with Crippen molar-refractivity contribution in [1.82, 2.24) is 15.6 Å². The number of methoxy groups -OCH3 is 1. The number of nitrogens with one attached hydrogen (secondary N) is 2. The Morgan fingerprint density at radius 3 is 2.72 bits per heavy atom. The van der Waals surface area contributed by atoms with Crippen LogP contribution in [0.1, 0.15) is 36.5 Å². The van der Waals surface area contributed by atoms with Crippen LogP contribution in [0.25, 0.3) is 0 Å². The summed E-state index contributed by atoms with van der Waals surface area (Å²) in [6.07, 6.45) is 4.31. The quantitative estimate of drug-likeness (QED) is 0.178. The molecule has 0 aliphatic heterocycles. The minimum atomic E-state index is 0. The van der Waals surface area contributed by atoms with Crippen LogP contribution in [0.3, 0.4) is 0 Å². The van der Waals surface area contributed by atoms with Crippen molar-refractivity contribution in [1.29, 1.82) is 0 Å². The molecular formula is C24H35IN4O3. The van der Waals surface area contributed by atoms with Crippen LogP contribution in [0.15, 0.2) is 41.5 Å². The number of pyridine rings is 1. The van der Waals surface area contributed by atoms with Crippen molar-refractivity contribution in [2.24, 2.45) is 10.9 Å². The highest BCUT2D eigenvalue weighted by Crippen LogP contribution is 2.29. The summed E-state index contributed by atoms with van der Waals surface area (Å²) in [6, 6.07) is 10.2. The van der Waals surface area contributed by atoms with Gasteiger partial charge in [0.25, 0.3) is 0 Å². The maximum atomic E-state index is 5.89. The van der Waals surface area contributed by atoms with Gasteiger partial charge in [0.15, 0.2) is 5.96 Å². The number of hydrogen-bond acceptors (Lipinski definition) is 5. The van der Waals surface area contributed by atoms with E-state index in [0.29, 0.717) is 38.1 Å². The second-order valence-electron chi connectivity index (χ2n) is 7.76. The minimum Gasteiger partial charge on any atom is -0.491 e. The molecule has 176 valence electrons. The van der Waals surface area contributed by atoms with Crippen LogP contribution < -0.4 is 20.1 Å². The molecule has 0 unspecified atom stereocenters. The third-order valence-corrected chi connectivity index (χ3v) is 4.94. The van der Waals surface area contributed by atoms with E-state index in [2.05, 4.69) is 47.7 Å². The Kier molecular flexibility index (Phi) is 11.6. The molecule has 32 heavy (non-hydrogen) atoms. The highest BCUT2D eigenvalue weighted by molar-refractivity contribution is 14.0.